The van der Waals surface area contributed by atoms with Crippen LogP contribution in [-0.4, -0.2) is 5.91 Å². The van der Waals surface area contributed by atoms with Crippen LogP contribution in [0.3, 0.4) is 0 Å². The van der Waals surface area contributed by atoms with Crippen molar-refractivity contribution >= 4 is 23.2 Å². The fourth-order valence-electron chi connectivity index (χ4n) is 2.17. The molecule has 0 heterocycles. The molecule has 21 heavy (non-hydrogen) atoms. The maximum absolute atomic E-state index is 13.7. The summed E-state index contributed by atoms with van der Waals surface area (Å²) in [5, 5.41) is 3.10. The van der Waals surface area contributed by atoms with E-state index in [0.717, 1.165) is 11.3 Å². The molecule has 0 saturated carbocycles. The maximum atomic E-state index is 13.7. The topological polar surface area (TPSA) is 29.1 Å². The fraction of sp³-hybridized carbons (Fsp3) is 0.235. The molecule has 0 fully saturated rings. The van der Waals surface area contributed by atoms with Crippen LogP contribution in [0.5, 0.6) is 0 Å². The van der Waals surface area contributed by atoms with Crippen LogP contribution in [0.4, 0.5) is 10.1 Å². The highest BCUT2D eigenvalue weighted by molar-refractivity contribution is 6.31. The molecule has 2 nitrogen and oxygen atoms in total. The molecule has 0 bridgehead atoms. The van der Waals surface area contributed by atoms with Gasteiger partial charge in [-0.25, -0.2) is 4.39 Å². The van der Waals surface area contributed by atoms with Crippen LogP contribution in [0.25, 0.3) is 0 Å². The van der Waals surface area contributed by atoms with Crippen LogP contribution >= 0.6 is 11.6 Å². The number of benzene rings is 2. The first-order chi connectivity index (χ1) is 9.99. The second-order valence-electron chi connectivity index (χ2n) is 5.17. The number of nitrogens with one attached hydrogen (secondary N) is 1. The van der Waals surface area contributed by atoms with E-state index in [-0.39, 0.29) is 22.9 Å². The molecular weight excluding hydrogens is 289 g/mol. The van der Waals surface area contributed by atoms with Gasteiger partial charge in [-0.1, -0.05) is 49.7 Å². The Morgan fingerprint density at radius 3 is 2.57 bits per heavy atom. The minimum absolute atomic E-state index is 0.0854. The van der Waals surface area contributed by atoms with Crippen LogP contribution in [0.15, 0.2) is 42.5 Å². The Bertz CT molecular complexity index is 635. The Morgan fingerprint density at radius 1 is 1.19 bits per heavy atom. The molecule has 2 rings (SSSR count). The van der Waals surface area contributed by atoms with Crippen molar-refractivity contribution in [3.05, 3.63) is 64.4 Å². The molecule has 0 spiro atoms. The van der Waals surface area contributed by atoms with Gasteiger partial charge in [-0.05, 0) is 29.7 Å². The molecule has 2 aromatic rings. The fourth-order valence-corrected chi connectivity index (χ4v) is 2.40. The van der Waals surface area contributed by atoms with Crippen molar-refractivity contribution in [2.24, 2.45) is 0 Å². The van der Waals surface area contributed by atoms with Gasteiger partial charge in [0.1, 0.15) is 5.82 Å². The van der Waals surface area contributed by atoms with Crippen molar-refractivity contribution in [2.75, 3.05) is 5.32 Å². The summed E-state index contributed by atoms with van der Waals surface area (Å²) < 4.78 is 13.7. The number of hydrogen-bond donors (Lipinski definition) is 1. The first kappa shape index (κ1) is 15.5. The van der Waals surface area contributed by atoms with E-state index in [1.165, 1.54) is 12.1 Å². The van der Waals surface area contributed by atoms with Gasteiger partial charge in [0.05, 0.1) is 6.42 Å². The van der Waals surface area contributed by atoms with Gasteiger partial charge in [0.15, 0.2) is 0 Å². The minimum atomic E-state index is -0.463. The first-order valence-corrected chi connectivity index (χ1v) is 7.18. The molecular formula is C17H17ClFNO. The van der Waals surface area contributed by atoms with E-state index in [0.29, 0.717) is 5.92 Å². The summed E-state index contributed by atoms with van der Waals surface area (Å²) in [4.78, 5) is 12.1. The lowest BCUT2D eigenvalue weighted by atomic mass is 10.0. The van der Waals surface area contributed by atoms with Crippen molar-refractivity contribution in [3.8, 4) is 0 Å². The average Bonchev–Trinajstić information content (AvgIpc) is 2.43. The second kappa shape index (κ2) is 6.72. The molecule has 0 radical (unpaired) electrons. The van der Waals surface area contributed by atoms with Gasteiger partial charge in [0, 0.05) is 16.3 Å². The summed E-state index contributed by atoms with van der Waals surface area (Å²) in [5.41, 5.74) is 2.02. The lowest BCUT2D eigenvalue weighted by molar-refractivity contribution is -0.115. The Hall–Kier alpha value is -1.87. The number of carbonyl (C=O) groups excluding carboxylic acids is 1. The molecule has 0 atom stereocenters. The van der Waals surface area contributed by atoms with Crippen molar-refractivity contribution in [2.45, 2.75) is 26.2 Å². The Balaban J connectivity index is 2.16. The monoisotopic (exact) mass is 305 g/mol. The molecule has 0 aliphatic rings. The van der Waals surface area contributed by atoms with Crippen molar-refractivity contribution < 1.29 is 9.18 Å². The molecule has 1 N–H and O–H groups in total. The molecule has 0 aliphatic heterocycles. The zero-order valence-corrected chi connectivity index (χ0v) is 12.7. The highest BCUT2D eigenvalue weighted by Crippen LogP contribution is 2.25. The minimum Gasteiger partial charge on any atom is -0.326 e. The van der Waals surface area contributed by atoms with E-state index >= 15 is 0 Å². The molecule has 1 amide bonds. The lowest BCUT2D eigenvalue weighted by Crippen LogP contribution is -2.16. The number of halogens is 2. The van der Waals surface area contributed by atoms with Gasteiger partial charge in [-0.3, -0.25) is 4.79 Å². The first-order valence-electron chi connectivity index (χ1n) is 6.80. The van der Waals surface area contributed by atoms with Crippen molar-refractivity contribution in [1.82, 2.24) is 0 Å². The summed E-state index contributed by atoms with van der Waals surface area (Å²) in [7, 11) is 0. The number of carbonyl (C=O) groups is 1. The summed E-state index contributed by atoms with van der Waals surface area (Å²) in [5.74, 6) is -0.455. The molecule has 0 aromatic heterocycles. The largest absolute Gasteiger partial charge is 0.326 e. The van der Waals surface area contributed by atoms with E-state index in [9.17, 15) is 9.18 Å². The zero-order valence-electron chi connectivity index (χ0n) is 12.0. The van der Waals surface area contributed by atoms with Gasteiger partial charge in [0.25, 0.3) is 0 Å². The van der Waals surface area contributed by atoms with Crippen molar-refractivity contribution in [3.63, 3.8) is 0 Å². The van der Waals surface area contributed by atoms with Crippen LogP contribution in [0.1, 0.15) is 30.9 Å². The standard InChI is InChI=1S/C17H17ClFNO/c1-11(2)12-6-3-4-9-16(12)20-17(21)10-13-14(18)7-5-8-15(13)19/h3-9,11H,10H2,1-2H3,(H,20,21). The van der Waals surface area contributed by atoms with Gasteiger partial charge >= 0.3 is 0 Å². The Kier molecular flexibility index (Phi) is 4.97. The van der Waals surface area contributed by atoms with E-state index in [1.807, 2.05) is 24.3 Å². The number of hydrogen-bond acceptors (Lipinski definition) is 1. The third-order valence-corrected chi connectivity index (χ3v) is 3.61. The average molecular weight is 306 g/mol. The predicted octanol–water partition coefficient (Wildman–Crippen LogP) is 4.78. The third kappa shape index (κ3) is 3.82. The van der Waals surface area contributed by atoms with Crippen LogP contribution < -0.4 is 5.32 Å². The van der Waals surface area contributed by atoms with Crippen LogP contribution in [0.2, 0.25) is 5.02 Å². The van der Waals surface area contributed by atoms with Gasteiger partial charge in [-0.15, -0.1) is 0 Å². The van der Waals surface area contributed by atoms with Crippen molar-refractivity contribution in [1.29, 1.82) is 0 Å². The quantitative estimate of drug-likeness (QED) is 0.865. The molecule has 0 unspecified atom stereocenters. The van der Waals surface area contributed by atoms with Crippen LogP contribution in [-0.2, 0) is 11.2 Å². The number of rotatable bonds is 4. The van der Waals surface area contributed by atoms with Gasteiger partial charge < -0.3 is 5.32 Å². The highest BCUT2D eigenvalue weighted by Gasteiger charge is 2.14. The number of para-hydroxylation sites is 1. The molecule has 2 aromatic carbocycles. The summed E-state index contributed by atoms with van der Waals surface area (Å²) in [6.45, 7) is 4.11. The summed E-state index contributed by atoms with van der Waals surface area (Å²) >= 11 is 5.94. The molecule has 0 aliphatic carbocycles. The van der Waals surface area contributed by atoms with E-state index in [1.54, 1.807) is 6.07 Å². The Morgan fingerprint density at radius 2 is 1.90 bits per heavy atom. The lowest BCUT2D eigenvalue weighted by Gasteiger charge is -2.14. The predicted molar refractivity (Wildman–Crippen MR) is 84.3 cm³/mol. The summed E-state index contributed by atoms with van der Waals surface area (Å²) in [6.07, 6.45) is -0.0854. The number of amides is 1. The molecule has 0 saturated heterocycles. The number of anilines is 1. The van der Waals surface area contributed by atoms with Gasteiger partial charge in [-0.2, -0.15) is 0 Å². The summed E-state index contributed by atoms with van der Waals surface area (Å²) in [6, 6.07) is 12.0. The zero-order chi connectivity index (χ0) is 15.4. The smallest absolute Gasteiger partial charge is 0.228 e. The second-order valence-corrected chi connectivity index (χ2v) is 5.57. The SMILES string of the molecule is CC(C)c1ccccc1NC(=O)Cc1c(F)cccc1Cl. The normalized spacial score (nSPS) is 10.7. The van der Waals surface area contributed by atoms with E-state index in [4.69, 9.17) is 11.6 Å². The van der Waals surface area contributed by atoms with Crippen LogP contribution in [0, 0.1) is 5.82 Å². The van der Waals surface area contributed by atoms with Gasteiger partial charge in [0.2, 0.25) is 5.91 Å². The molecule has 4 heteroatoms. The Labute approximate surface area is 128 Å². The molecule has 110 valence electrons. The highest BCUT2D eigenvalue weighted by atomic mass is 35.5. The third-order valence-electron chi connectivity index (χ3n) is 3.26. The van der Waals surface area contributed by atoms with E-state index < -0.39 is 5.82 Å². The maximum Gasteiger partial charge on any atom is 0.228 e. The van der Waals surface area contributed by atoms with E-state index in [2.05, 4.69) is 19.2 Å².